The Hall–Kier alpha value is -2.77. The van der Waals surface area contributed by atoms with Crippen LogP contribution in [0.5, 0.6) is 0 Å². The minimum absolute atomic E-state index is 0.323. The second kappa shape index (κ2) is 6.60. The number of nitrogens with zero attached hydrogens (tertiary/aromatic N) is 4. The van der Waals surface area contributed by atoms with Crippen LogP contribution in [0, 0.1) is 0 Å². The molecule has 0 aliphatic carbocycles. The zero-order valence-electron chi connectivity index (χ0n) is 11.7. The lowest BCUT2D eigenvalue weighted by atomic mass is 10.2. The van der Waals surface area contributed by atoms with Gasteiger partial charge < -0.3 is 10.1 Å². The predicted octanol–water partition coefficient (Wildman–Crippen LogP) is 0.344. The van der Waals surface area contributed by atoms with Crippen LogP contribution < -0.4 is 5.32 Å². The van der Waals surface area contributed by atoms with E-state index in [-0.39, 0.29) is 5.91 Å². The minimum Gasteiger partial charge on any atom is -0.449 e. The minimum atomic E-state index is -0.836. The zero-order valence-corrected chi connectivity index (χ0v) is 11.7. The highest BCUT2D eigenvalue weighted by Crippen LogP contribution is 2.10. The number of rotatable bonds is 5. The molecule has 0 saturated carbocycles. The average Bonchev–Trinajstić information content (AvgIpc) is 3.01. The Morgan fingerprint density at radius 2 is 2.05 bits per heavy atom. The summed E-state index contributed by atoms with van der Waals surface area (Å²) in [6, 6.07) is 6.54. The molecule has 0 saturated heterocycles. The third kappa shape index (κ3) is 3.62. The van der Waals surface area contributed by atoms with Crippen molar-refractivity contribution in [3.8, 4) is 5.69 Å². The first kappa shape index (κ1) is 14.6. The van der Waals surface area contributed by atoms with Gasteiger partial charge in [-0.2, -0.15) is 0 Å². The molecule has 0 unspecified atom stereocenters. The third-order valence-corrected chi connectivity index (χ3v) is 2.72. The standard InChI is InChI=1S/C13H15N5O3/c1-3-14-12(19)9(2)21-13(20)10-4-6-11(7-5-10)18-8-15-16-17-18/h4-9H,3H2,1-2H3,(H,14,19)/t9-/m0/s1. The van der Waals surface area contributed by atoms with E-state index in [1.165, 1.54) is 17.9 Å². The lowest BCUT2D eigenvalue weighted by Crippen LogP contribution is -2.35. The number of nitrogens with one attached hydrogen (secondary N) is 1. The van der Waals surface area contributed by atoms with Crippen molar-refractivity contribution in [2.75, 3.05) is 6.54 Å². The van der Waals surface area contributed by atoms with E-state index in [4.69, 9.17) is 4.74 Å². The molecule has 0 fully saturated rings. The fourth-order valence-corrected chi connectivity index (χ4v) is 1.63. The van der Waals surface area contributed by atoms with Gasteiger partial charge in [-0.15, -0.1) is 5.10 Å². The second-order valence-corrected chi connectivity index (χ2v) is 4.24. The van der Waals surface area contributed by atoms with E-state index in [1.54, 1.807) is 31.2 Å². The van der Waals surface area contributed by atoms with Gasteiger partial charge in [0.15, 0.2) is 6.10 Å². The van der Waals surface area contributed by atoms with E-state index < -0.39 is 12.1 Å². The van der Waals surface area contributed by atoms with Crippen molar-refractivity contribution < 1.29 is 14.3 Å². The molecule has 1 aromatic heterocycles. The topological polar surface area (TPSA) is 99.0 Å². The summed E-state index contributed by atoms with van der Waals surface area (Å²) in [7, 11) is 0. The molecule has 0 aliphatic heterocycles. The van der Waals surface area contributed by atoms with Crippen molar-refractivity contribution in [1.29, 1.82) is 0 Å². The summed E-state index contributed by atoms with van der Waals surface area (Å²) >= 11 is 0. The van der Waals surface area contributed by atoms with E-state index in [9.17, 15) is 9.59 Å². The van der Waals surface area contributed by atoms with Gasteiger partial charge in [0.25, 0.3) is 5.91 Å². The maximum absolute atomic E-state index is 11.9. The summed E-state index contributed by atoms with van der Waals surface area (Å²) in [6.45, 7) is 3.81. The third-order valence-electron chi connectivity index (χ3n) is 2.72. The molecular weight excluding hydrogens is 274 g/mol. The molecule has 1 atom stereocenters. The second-order valence-electron chi connectivity index (χ2n) is 4.24. The van der Waals surface area contributed by atoms with E-state index in [0.717, 1.165) is 0 Å². The van der Waals surface area contributed by atoms with Gasteiger partial charge >= 0.3 is 5.97 Å². The molecule has 1 N–H and O–H groups in total. The molecule has 1 amide bonds. The van der Waals surface area contributed by atoms with Gasteiger partial charge in [-0.3, -0.25) is 4.79 Å². The number of benzene rings is 1. The van der Waals surface area contributed by atoms with Crippen molar-refractivity contribution in [3.05, 3.63) is 36.2 Å². The lowest BCUT2D eigenvalue weighted by molar-refractivity contribution is -0.128. The Balaban J connectivity index is 2.02. The molecule has 0 aliphatic rings. The number of likely N-dealkylation sites (N-methyl/N-ethyl adjacent to an activating group) is 1. The highest BCUT2D eigenvalue weighted by Gasteiger charge is 2.18. The molecule has 0 bridgehead atoms. The van der Waals surface area contributed by atoms with Gasteiger partial charge in [0, 0.05) is 6.54 Å². The fraction of sp³-hybridized carbons (Fsp3) is 0.308. The Bertz CT molecular complexity index is 609. The van der Waals surface area contributed by atoms with Gasteiger partial charge in [0.2, 0.25) is 0 Å². The molecule has 1 heterocycles. The van der Waals surface area contributed by atoms with Crippen molar-refractivity contribution in [2.45, 2.75) is 20.0 Å². The van der Waals surface area contributed by atoms with Gasteiger partial charge in [-0.1, -0.05) is 0 Å². The van der Waals surface area contributed by atoms with Gasteiger partial charge in [-0.05, 0) is 48.5 Å². The van der Waals surface area contributed by atoms with Crippen LogP contribution in [0.1, 0.15) is 24.2 Å². The Morgan fingerprint density at radius 3 is 2.62 bits per heavy atom. The van der Waals surface area contributed by atoms with Crippen molar-refractivity contribution in [2.24, 2.45) is 0 Å². The molecule has 110 valence electrons. The average molecular weight is 289 g/mol. The van der Waals surface area contributed by atoms with Crippen LogP contribution in [0.15, 0.2) is 30.6 Å². The molecule has 0 spiro atoms. The van der Waals surface area contributed by atoms with Crippen LogP contribution in [0.4, 0.5) is 0 Å². The number of ether oxygens (including phenoxy) is 1. The Labute approximate surface area is 121 Å². The van der Waals surface area contributed by atoms with Gasteiger partial charge in [0.05, 0.1) is 11.3 Å². The number of carbonyl (C=O) groups excluding carboxylic acids is 2. The molecule has 0 radical (unpaired) electrons. The van der Waals surface area contributed by atoms with Crippen molar-refractivity contribution in [1.82, 2.24) is 25.5 Å². The zero-order chi connectivity index (χ0) is 15.2. The summed E-state index contributed by atoms with van der Waals surface area (Å²) in [5.41, 5.74) is 1.07. The first-order valence-electron chi connectivity index (χ1n) is 6.44. The number of hydrogen-bond acceptors (Lipinski definition) is 6. The molecule has 21 heavy (non-hydrogen) atoms. The number of aromatic nitrogens is 4. The normalized spacial score (nSPS) is 11.7. The van der Waals surface area contributed by atoms with Crippen LogP contribution in [-0.4, -0.2) is 44.7 Å². The number of hydrogen-bond donors (Lipinski definition) is 1. The Morgan fingerprint density at radius 1 is 1.33 bits per heavy atom. The molecule has 1 aromatic carbocycles. The SMILES string of the molecule is CCNC(=O)[C@H](C)OC(=O)c1ccc(-n2cnnn2)cc1. The summed E-state index contributed by atoms with van der Waals surface area (Å²) in [5, 5.41) is 13.4. The molecule has 2 rings (SSSR count). The highest BCUT2D eigenvalue weighted by molar-refractivity contribution is 5.92. The molecule has 8 heteroatoms. The number of amides is 1. The van der Waals surface area contributed by atoms with Gasteiger partial charge in [-0.25, -0.2) is 9.48 Å². The van der Waals surface area contributed by atoms with E-state index in [1.807, 2.05) is 0 Å². The fourth-order valence-electron chi connectivity index (χ4n) is 1.63. The van der Waals surface area contributed by atoms with Crippen LogP contribution >= 0.6 is 0 Å². The highest BCUT2D eigenvalue weighted by atomic mass is 16.5. The van der Waals surface area contributed by atoms with E-state index in [0.29, 0.717) is 17.8 Å². The number of esters is 1. The van der Waals surface area contributed by atoms with E-state index in [2.05, 4.69) is 20.8 Å². The summed E-state index contributed by atoms with van der Waals surface area (Å²) in [5.74, 6) is -0.881. The summed E-state index contributed by atoms with van der Waals surface area (Å²) in [4.78, 5) is 23.4. The van der Waals surface area contributed by atoms with Crippen molar-refractivity contribution in [3.63, 3.8) is 0 Å². The van der Waals surface area contributed by atoms with E-state index >= 15 is 0 Å². The lowest BCUT2D eigenvalue weighted by Gasteiger charge is -2.12. The number of tetrazole rings is 1. The van der Waals surface area contributed by atoms with Crippen molar-refractivity contribution >= 4 is 11.9 Å². The monoisotopic (exact) mass is 289 g/mol. The van der Waals surface area contributed by atoms with Crippen LogP contribution in [-0.2, 0) is 9.53 Å². The first-order valence-corrected chi connectivity index (χ1v) is 6.44. The maximum Gasteiger partial charge on any atom is 0.338 e. The van der Waals surface area contributed by atoms with Crippen LogP contribution in [0.2, 0.25) is 0 Å². The quantitative estimate of drug-likeness (QED) is 0.797. The summed E-state index contributed by atoms with van der Waals surface area (Å²) < 4.78 is 6.55. The largest absolute Gasteiger partial charge is 0.449 e. The predicted molar refractivity (Wildman–Crippen MR) is 72.7 cm³/mol. The first-order chi connectivity index (χ1) is 10.1. The molecule has 8 nitrogen and oxygen atoms in total. The van der Waals surface area contributed by atoms with Gasteiger partial charge in [0.1, 0.15) is 6.33 Å². The molecular formula is C13H15N5O3. The maximum atomic E-state index is 11.9. The van der Waals surface area contributed by atoms with Crippen LogP contribution in [0.25, 0.3) is 5.69 Å². The Kier molecular flexibility index (Phi) is 4.60. The smallest absolute Gasteiger partial charge is 0.338 e. The number of carbonyl (C=O) groups is 2. The van der Waals surface area contributed by atoms with Crippen LogP contribution in [0.3, 0.4) is 0 Å². The summed E-state index contributed by atoms with van der Waals surface area (Å²) in [6.07, 6.45) is 0.612. The molecule has 2 aromatic rings.